The molecule has 1 aliphatic carbocycles. The average Bonchev–Trinajstić information content (AvgIpc) is 2.51. The van der Waals surface area contributed by atoms with Gasteiger partial charge in [0, 0.05) is 23.6 Å². The van der Waals surface area contributed by atoms with Gasteiger partial charge in [-0.15, -0.1) is 0 Å². The average molecular weight is 275 g/mol. The molecular weight excluding hydrogens is 254 g/mol. The van der Waals surface area contributed by atoms with Crippen molar-refractivity contribution >= 4 is 5.91 Å². The van der Waals surface area contributed by atoms with Crippen LogP contribution in [0.1, 0.15) is 48.0 Å². The van der Waals surface area contributed by atoms with Crippen LogP contribution in [0.4, 0.5) is 0 Å². The molecule has 0 atom stereocenters. The summed E-state index contributed by atoms with van der Waals surface area (Å²) >= 11 is 0. The molecule has 1 spiro atoms. The van der Waals surface area contributed by atoms with Crippen LogP contribution in [0.3, 0.4) is 0 Å². The maximum absolute atomic E-state index is 12.2. The predicted octanol–water partition coefficient (Wildman–Crippen LogP) is 2.65. The number of fused-ring (bicyclic) bond motifs is 2. The van der Waals surface area contributed by atoms with E-state index < -0.39 is 0 Å². The highest BCUT2D eigenvalue weighted by molar-refractivity contribution is 5.98. The Balaban J connectivity index is 2.19. The number of rotatable bonds is 2. The Labute approximate surface area is 119 Å². The van der Waals surface area contributed by atoms with Gasteiger partial charge in [-0.05, 0) is 18.9 Å². The van der Waals surface area contributed by atoms with Crippen LogP contribution in [0, 0.1) is 0 Å². The van der Waals surface area contributed by atoms with Crippen molar-refractivity contribution in [3.8, 4) is 11.5 Å². The number of methoxy groups -OCH3 is 2. The van der Waals surface area contributed by atoms with Crippen LogP contribution >= 0.6 is 0 Å². The lowest BCUT2D eigenvalue weighted by atomic mass is 9.66. The molecule has 1 fully saturated rings. The summed E-state index contributed by atoms with van der Waals surface area (Å²) in [7, 11) is 3.27. The minimum Gasteiger partial charge on any atom is -0.497 e. The van der Waals surface area contributed by atoms with Crippen LogP contribution in [-0.4, -0.2) is 26.7 Å². The molecular formula is C16H21NO3. The van der Waals surface area contributed by atoms with E-state index in [9.17, 15) is 4.79 Å². The van der Waals surface area contributed by atoms with Crippen molar-refractivity contribution in [2.75, 3.05) is 20.8 Å². The highest BCUT2D eigenvalue weighted by Crippen LogP contribution is 2.47. The van der Waals surface area contributed by atoms with E-state index in [4.69, 9.17) is 9.47 Å². The number of amides is 1. The van der Waals surface area contributed by atoms with E-state index in [2.05, 4.69) is 5.32 Å². The van der Waals surface area contributed by atoms with Crippen molar-refractivity contribution in [2.45, 2.75) is 37.5 Å². The van der Waals surface area contributed by atoms with Crippen molar-refractivity contribution in [1.82, 2.24) is 5.32 Å². The number of hydrogen-bond acceptors (Lipinski definition) is 3. The molecule has 3 rings (SSSR count). The summed E-state index contributed by atoms with van der Waals surface area (Å²) in [5, 5.41) is 3.05. The smallest absolute Gasteiger partial charge is 0.251 e. The van der Waals surface area contributed by atoms with Gasteiger partial charge in [0.05, 0.1) is 19.8 Å². The van der Waals surface area contributed by atoms with Gasteiger partial charge < -0.3 is 14.8 Å². The molecule has 1 amide bonds. The van der Waals surface area contributed by atoms with E-state index in [0.29, 0.717) is 11.3 Å². The van der Waals surface area contributed by atoms with Gasteiger partial charge in [0.1, 0.15) is 11.5 Å². The summed E-state index contributed by atoms with van der Waals surface area (Å²) in [6.45, 7) is 0.724. The highest BCUT2D eigenvalue weighted by atomic mass is 16.5. The number of carbonyl (C=O) groups excluding carboxylic acids is 1. The third kappa shape index (κ3) is 1.94. The van der Waals surface area contributed by atoms with Gasteiger partial charge in [0.2, 0.25) is 0 Å². The number of ether oxygens (including phenoxy) is 2. The Morgan fingerprint density at radius 2 is 1.85 bits per heavy atom. The van der Waals surface area contributed by atoms with Crippen molar-refractivity contribution < 1.29 is 14.3 Å². The number of hydrogen-bond donors (Lipinski definition) is 1. The Morgan fingerprint density at radius 1 is 1.10 bits per heavy atom. The molecule has 0 saturated heterocycles. The fraction of sp³-hybridized carbons (Fsp3) is 0.562. The van der Waals surface area contributed by atoms with Gasteiger partial charge in [-0.3, -0.25) is 4.79 Å². The van der Waals surface area contributed by atoms with Crippen LogP contribution in [-0.2, 0) is 5.41 Å². The third-order valence-electron chi connectivity index (χ3n) is 4.70. The number of nitrogens with one attached hydrogen (secondary N) is 1. The molecule has 4 nitrogen and oxygen atoms in total. The van der Waals surface area contributed by atoms with E-state index in [0.717, 1.165) is 30.7 Å². The second-order valence-corrected chi connectivity index (χ2v) is 5.78. The molecule has 0 unspecified atom stereocenters. The summed E-state index contributed by atoms with van der Waals surface area (Å²) in [5.41, 5.74) is 1.85. The standard InChI is InChI=1S/C16H21NO3/c1-19-11-8-12-14(13(9-11)20-2)16(10-17-15(12)18)6-4-3-5-7-16/h8-9H,3-7,10H2,1-2H3,(H,17,18). The second-order valence-electron chi connectivity index (χ2n) is 5.78. The monoisotopic (exact) mass is 275 g/mol. The van der Waals surface area contributed by atoms with E-state index in [1.165, 1.54) is 19.3 Å². The quantitative estimate of drug-likeness (QED) is 0.902. The fourth-order valence-corrected chi connectivity index (χ4v) is 3.68. The zero-order chi connectivity index (χ0) is 14.2. The molecule has 1 N–H and O–H groups in total. The molecule has 108 valence electrons. The van der Waals surface area contributed by atoms with Gasteiger partial charge in [-0.25, -0.2) is 0 Å². The molecule has 1 aromatic carbocycles. The largest absolute Gasteiger partial charge is 0.497 e. The SMILES string of the molecule is COc1cc(OC)c2c(c1)C(=O)NCC21CCCCC1. The molecule has 2 aliphatic rings. The predicted molar refractivity (Wildman–Crippen MR) is 76.6 cm³/mol. The fourth-order valence-electron chi connectivity index (χ4n) is 3.68. The molecule has 20 heavy (non-hydrogen) atoms. The number of benzene rings is 1. The molecule has 0 bridgehead atoms. The maximum atomic E-state index is 12.2. The van der Waals surface area contributed by atoms with E-state index in [1.54, 1.807) is 14.2 Å². The zero-order valence-electron chi connectivity index (χ0n) is 12.1. The normalized spacial score (nSPS) is 20.2. The first-order chi connectivity index (χ1) is 9.70. The maximum Gasteiger partial charge on any atom is 0.251 e. The number of carbonyl (C=O) groups is 1. The van der Waals surface area contributed by atoms with Crippen molar-refractivity contribution in [1.29, 1.82) is 0 Å². The van der Waals surface area contributed by atoms with Gasteiger partial charge in [0.25, 0.3) is 5.91 Å². The summed E-state index contributed by atoms with van der Waals surface area (Å²) in [4.78, 5) is 12.2. The minimum absolute atomic E-state index is 0.0200. The molecule has 4 heteroatoms. The van der Waals surface area contributed by atoms with Crippen LogP contribution < -0.4 is 14.8 Å². The summed E-state index contributed by atoms with van der Waals surface area (Å²) in [6, 6.07) is 3.73. The molecule has 0 radical (unpaired) electrons. The lowest BCUT2D eigenvalue weighted by Gasteiger charge is -2.42. The van der Waals surface area contributed by atoms with Crippen LogP contribution in [0.15, 0.2) is 12.1 Å². The Bertz CT molecular complexity index is 533. The first-order valence-corrected chi connectivity index (χ1v) is 7.25. The second kappa shape index (κ2) is 5.00. The minimum atomic E-state index is -0.0200. The van der Waals surface area contributed by atoms with Crippen LogP contribution in [0.25, 0.3) is 0 Å². The first kappa shape index (κ1) is 13.3. The zero-order valence-corrected chi connectivity index (χ0v) is 12.1. The van der Waals surface area contributed by atoms with Crippen molar-refractivity contribution in [3.05, 3.63) is 23.3 Å². The molecule has 1 aliphatic heterocycles. The Morgan fingerprint density at radius 3 is 2.50 bits per heavy atom. The highest BCUT2D eigenvalue weighted by Gasteiger charge is 2.42. The van der Waals surface area contributed by atoms with E-state index in [1.807, 2.05) is 12.1 Å². The van der Waals surface area contributed by atoms with Gasteiger partial charge >= 0.3 is 0 Å². The molecule has 1 aromatic rings. The Kier molecular flexibility index (Phi) is 3.32. The third-order valence-corrected chi connectivity index (χ3v) is 4.70. The van der Waals surface area contributed by atoms with Gasteiger partial charge in [-0.2, -0.15) is 0 Å². The van der Waals surface area contributed by atoms with Crippen LogP contribution in [0.5, 0.6) is 11.5 Å². The van der Waals surface area contributed by atoms with E-state index >= 15 is 0 Å². The molecule has 1 heterocycles. The summed E-state index contributed by atoms with van der Waals surface area (Å²) < 4.78 is 10.9. The first-order valence-electron chi connectivity index (χ1n) is 7.25. The van der Waals surface area contributed by atoms with Crippen LogP contribution in [0.2, 0.25) is 0 Å². The molecule has 1 saturated carbocycles. The van der Waals surface area contributed by atoms with Crippen molar-refractivity contribution in [2.24, 2.45) is 0 Å². The van der Waals surface area contributed by atoms with Gasteiger partial charge in [0.15, 0.2) is 0 Å². The summed E-state index contributed by atoms with van der Waals surface area (Å²) in [5.74, 6) is 1.44. The Hall–Kier alpha value is -1.71. The lowest BCUT2D eigenvalue weighted by molar-refractivity contribution is 0.0909. The molecule has 0 aromatic heterocycles. The lowest BCUT2D eigenvalue weighted by Crippen LogP contribution is -2.48. The van der Waals surface area contributed by atoms with Gasteiger partial charge in [-0.1, -0.05) is 19.3 Å². The summed E-state index contributed by atoms with van der Waals surface area (Å²) in [6.07, 6.45) is 5.93. The van der Waals surface area contributed by atoms with Crippen molar-refractivity contribution in [3.63, 3.8) is 0 Å². The van der Waals surface area contributed by atoms with E-state index in [-0.39, 0.29) is 11.3 Å². The topological polar surface area (TPSA) is 47.6 Å².